The van der Waals surface area contributed by atoms with E-state index in [2.05, 4.69) is 21.9 Å². The zero-order valence-corrected chi connectivity index (χ0v) is 18.0. The second-order valence-electron chi connectivity index (χ2n) is 9.08. The molecule has 0 saturated carbocycles. The lowest BCUT2D eigenvalue weighted by molar-refractivity contribution is -0.137. The van der Waals surface area contributed by atoms with Gasteiger partial charge in [-0.2, -0.15) is 13.2 Å². The summed E-state index contributed by atoms with van der Waals surface area (Å²) in [7, 11) is 0. The van der Waals surface area contributed by atoms with E-state index in [0.717, 1.165) is 50.3 Å². The lowest BCUT2D eigenvalue weighted by Gasteiger charge is -2.50. The number of piperidine rings is 1. The summed E-state index contributed by atoms with van der Waals surface area (Å²) in [6.45, 7) is 3.64. The third kappa shape index (κ3) is 3.93. The number of likely N-dealkylation sites (tertiary alicyclic amines) is 1. The number of hydrogen-bond donors (Lipinski definition) is 0. The van der Waals surface area contributed by atoms with Crippen molar-refractivity contribution in [3.05, 3.63) is 59.7 Å². The minimum Gasteiger partial charge on any atom is -0.368 e. The lowest BCUT2D eigenvalue weighted by atomic mass is 9.82. The molecule has 3 aliphatic heterocycles. The number of hydrogen-bond acceptors (Lipinski definition) is 3. The fourth-order valence-electron chi connectivity index (χ4n) is 5.51. The summed E-state index contributed by atoms with van der Waals surface area (Å²) in [4.78, 5) is 20.0. The highest BCUT2D eigenvalue weighted by Crippen LogP contribution is 2.40. The topological polar surface area (TPSA) is 26.8 Å². The summed E-state index contributed by atoms with van der Waals surface area (Å²) in [5, 5.41) is 0. The van der Waals surface area contributed by atoms with Crippen LogP contribution in [-0.2, 0) is 17.4 Å². The average Bonchev–Trinajstić information content (AvgIpc) is 2.83. The Morgan fingerprint density at radius 3 is 2.38 bits per heavy atom. The van der Waals surface area contributed by atoms with Crippen molar-refractivity contribution < 1.29 is 18.0 Å². The standard InChI is InChI=1S/C25H28F3N3O/c26-25(27,28)19-9-10-22-18(15-19)16-21(24(32)29-11-5-2-6-12-29)23-17-30(13-14-31(22)23)20-7-3-1-4-8-20/h1,3-4,7-10,15,21,23H,2,5-6,11-14,16-17H2/t21-,23-/m1/s1. The Morgan fingerprint density at radius 2 is 1.66 bits per heavy atom. The van der Waals surface area contributed by atoms with Gasteiger partial charge in [-0.05, 0) is 61.6 Å². The third-order valence-corrected chi connectivity index (χ3v) is 7.15. The van der Waals surface area contributed by atoms with E-state index in [1.165, 1.54) is 12.1 Å². The fraction of sp³-hybridized carbons (Fsp3) is 0.480. The summed E-state index contributed by atoms with van der Waals surface area (Å²) in [5.74, 6) is -0.242. The van der Waals surface area contributed by atoms with E-state index in [1.54, 1.807) is 6.07 Å². The normalized spacial score (nSPS) is 23.5. The van der Waals surface area contributed by atoms with Crippen molar-refractivity contribution in [2.24, 2.45) is 5.92 Å². The highest BCUT2D eigenvalue weighted by Gasteiger charge is 2.44. The molecule has 0 N–H and O–H groups in total. The number of piperazine rings is 1. The first-order valence-corrected chi connectivity index (χ1v) is 11.5. The van der Waals surface area contributed by atoms with E-state index < -0.39 is 11.7 Å². The molecule has 0 aliphatic carbocycles. The number of carbonyl (C=O) groups excluding carboxylic acids is 1. The lowest BCUT2D eigenvalue weighted by Crippen LogP contribution is -2.61. The van der Waals surface area contributed by atoms with E-state index in [1.807, 2.05) is 23.1 Å². The number of amides is 1. The molecular formula is C25H28F3N3O. The predicted molar refractivity (Wildman–Crippen MR) is 119 cm³/mol. The van der Waals surface area contributed by atoms with Gasteiger partial charge in [0.2, 0.25) is 5.91 Å². The van der Waals surface area contributed by atoms with Gasteiger partial charge in [0.1, 0.15) is 0 Å². The zero-order valence-electron chi connectivity index (χ0n) is 18.0. The first kappa shape index (κ1) is 21.2. The number of fused-ring (bicyclic) bond motifs is 3. The minimum atomic E-state index is -4.38. The van der Waals surface area contributed by atoms with Crippen LogP contribution in [0, 0.1) is 5.92 Å². The summed E-state index contributed by atoms with van der Waals surface area (Å²) >= 11 is 0. The van der Waals surface area contributed by atoms with Crippen molar-refractivity contribution in [2.45, 2.75) is 37.9 Å². The molecule has 2 aromatic carbocycles. The maximum atomic E-state index is 13.6. The van der Waals surface area contributed by atoms with Gasteiger partial charge in [0.15, 0.2) is 0 Å². The molecule has 1 amide bonds. The van der Waals surface area contributed by atoms with Crippen LogP contribution in [0.4, 0.5) is 24.5 Å². The van der Waals surface area contributed by atoms with Crippen LogP contribution < -0.4 is 9.80 Å². The third-order valence-electron chi connectivity index (χ3n) is 7.15. The number of rotatable bonds is 2. The van der Waals surface area contributed by atoms with Gasteiger partial charge < -0.3 is 14.7 Å². The molecule has 3 aliphatic rings. The Hall–Kier alpha value is -2.70. The van der Waals surface area contributed by atoms with Crippen LogP contribution in [0.5, 0.6) is 0 Å². The Kier molecular flexibility index (Phi) is 5.51. The number of anilines is 2. The van der Waals surface area contributed by atoms with Crippen molar-refractivity contribution in [2.75, 3.05) is 42.5 Å². The monoisotopic (exact) mass is 443 g/mol. The Balaban J connectivity index is 1.49. The van der Waals surface area contributed by atoms with Gasteiger partial charge in [0, 0.05) is 44.1 Å². The van der Waals surface area contributed by atoms with E-state index in [4.69, 9.17) is 0 Å². The smallest absolute Gasteiger partial charge is 0.368 e. The number of nitrogens with zero attached hydrogens (tertiary/aromatic N) is 3. The van der Waals surface area contributed by atoms with E-state index in [-0.39, 0.29) is 17.9 Å². The molecule has 170 valence electrons. The summed E-state index contributed by atoms with van der Waals surface area (Å²) < 4.78 is 40.1. The second kappa shape index (κ2) is 8.34. The average molecular weight is 444 g/mol. The molecule has 0 bridgehead atoms. The molecule has 2 saturated heterocycles. The largest absolute Gasteiger partial charge is 0.416 e. The molecule has 32 heavy (non-hydrogen) atoms. The van der Waals surface area contributed by atoms with E-state index in [0.29, 0.717) is 25.1 Å². The Labute approximate surface area is 186 Å². The van der Waals surface area contributed by atoms with Crippen LogP contribution in [0.2, 0.25) is 0 Å². The van der Waals surface area contributed by atoms with Gasteiger partial charge in [-0.3, -0.25) is 4.79 Å². The first-order chi connectivity index (χ1) is 15.4. The number of halogens is 3. The van der Waals surface area contributed by atoms with Crippen molar-refractivity contribution in [3.63, 3.8) is 0 Å². The quantitative estimate of drug-likeness (QED) is 0.680. The van der Waals surface area contributed by atoms with E-state index >= 15 is 0 Å². The van der Waals surface area contributed by atoms with Crippen LogP contribution in [0.25, 0.3) is 0 Å². The summed E-state index contributed by atoms with van der Waals surface area (Å²) in [5.41, 5.74) is 1.97. The van der Waals surface area contributed by atoms with Crippen molar-refractivity contribution in [1.29, 1.82) is 0 Å². The molecule has 0 radical (unpaired) electrons. The Bertz CT molecular complexity index is 972. The number of alkyl halides is 3. The molecule has 7 heteroatoms. The van der Waals surface area contributed by atoms with Gasteiger partial charge >= 0.3 is 6.18 Å². The summed E-state index contributed by atoms with van der Waals surface area (Å²) in [6.07, 6.45) is -0.901. The highest BCUT2D eigenvalue weighted by atomic mass is 19.4. The van der Waals surface area contributed by atoms with Crippen molar-refractivity contribution in [3.8, 4) is 0 Å². The van der Waals surface area contributed by atoms with Crippen molar-refractivity contribution >= 4 is 17.3 Å². The van der Waals surface area contributed by atoms with Gasteiger partial charge in [-0.15, -0.1) is 0 Å². The number of carbonyl (C=O) groups is 1. The molecule has 5 rings (SSSR count). The van der Waals surface area contributed by atoms with Crippen LogP contribution in [0.15, 0.2) is 48.5 Å². The van der Waals surface area contributed by atoms with E-state index in [9.17, 15) is 18.0 Å². The van der Waals surface area contributed by atoms with Crippen molar-refractivity contribution in [1.82, 2.24) is 4.90 Å². The molecule has 2 aromatic rings. The number of benzene rings is 2. The zero-order chi connectivity index (χ0) is 22.3. The molecule has 4 nitrogen and oxygen atoms in total. The Morgan fingerprint density at radius 1 is 0.906 bits per heavy atom. The van der Waals surface area contributed by atoms with Gasteiger partial charge in [-0.25, -0.2) is 0 Å². The van der Waals surface area contributed by atoms with Crippen LogP contribution in [0.3, 0.4) is 0 Å². The molecule has 0 spiro atoms. The van der Waals surface area contributed by atoms with Gasteiger partial charge in [0.25, 0.3) is 0 Å². The molecule has 2 fully saturated rings. The SMILES string of the molecule is O=C([C@@H]1Cc2cc(C(F)(F)F)ccc2N2CCN(c3ccccc3)C[C@H]12)N1CCCCC1. The maximum absolute atomic E-state index is 13.6. The molecule has 3 heterocycles. The van der Waals surface area contributed by atoms with Crippen LogP contribution in [-0.4, -0.2) is 49.6 Å². The molecule has 0 aromatic heterocycles. The van der Waals surface area contributed by atoms with Crippen LogP contribution >= 0.6 is 0 Å². The fourth-order valence-corrected chi connectivity index (χ4v) is 5.51. The van der Waals surface area contributed by atoms with Gasteiger partial charge in [-0.1, -0.05) is 18.2 Å². The number of para-hydroxylation sites is 1. The predicted octanol–water partition coefficient (Wildman–Crippen LogP) is 4.59. The summed E-state index contributed by atoms with van der Waals surface area (Å²) in [6, 6.07) is 14.1. The molecular weight excluding hydrogens is 415 g/mol. The minimum absolute atomic E-state index is 0.0531. The van der Waals surface area contributed by atoms with Gasteiger partial charge in [0.05, 0.1) is 17.5 Å². The highest BCUT2D eigenvalue weighted by molar-refractivity contribution is 5.82. The molecule has 2 atom stereocenters. The maximum Gasteiger partial charge on any atom is 0.416 e. The first-order valence-electron chi connectivity index (χ1n) is 11.5. The van der Waals surface area contributed by atoms with Crippen LogP contribution in [0.1, 0.15) is 30.4 Å². The second-order valence-corrected chi connectivity index (χ2v) is 9.08. The molecule has 0 unspecified atom stereocenters.